The van der Waals surface area contributed by atoms with Crippen molar-refractivity contribution in [1.82, 2.24) is 0 Å². The third-order valence-corrected chi connectivity index (χ3v) is 6.53. The average molecular weight is 439 g/mol. The molecule has 7 heteroatoms. The second-order valence-electron chi connectivity index (χ2n) is 7.34. The lowest BCUT2D eigenvalue weighted by Gasteiger charge is -2.24. The molecule has 0 aliphatic carbocycles. The Bertz CT molecular complexity index is 1140. The van der Waals surface area contributed by atoms with Gasteiger partial charge >= 0.3 is 0 Å². The van der Waals surface area contributed by atoms with Gasteiger partial charge in [0, 0.05) is 12.8 Å². The summed E-state index contributed by atoms with van der Waals surface area (Å²) in [6.07, 6.45) is 0. The zero-order valence-electron chi connectivity index (χ0n) is 17.8. The second kappa shape index (κ2) is 9.76. The van der Waals surface area contributed by atoms with Crippen LogP contribution in [0.25, 0.3) is 0 Å². The van der Waals surface area contributed by atoms with Gasteiger partial charge in [0.15, 0.2) is 0 Å². The molecule has 0 aliphatic heterocycles. The molecule has 6 nitrogen and oxygen atoms in total. The SMILES string of the molecule is COCc1cccc(NC(=O)CN(c2ccc(C)cc2)S(=O)(=O)c2ccc(C)cc2)c1. The maximum Gasteiger partial charge on any atom is 0.264 e. The molecule has 0 radical (unpaired) electrons. The quantitative estimate of drug-likeness (QED) is 0.569. The largest absolute Gasteiger partial charge is 0.380 e. The van der Waals surface area contributed by atoms with E-state index in [9.17, 15) is 13.2 Å². The Morgan fingerprint density at radius 2 is 1.55 bits per heavy atom. The van der Waals surface area contributed by atoms with Crippen LogP contribution in [-0.2, 0) is 26.2 Å². The first-order valence-corrected chi connectivity index (χ1v) is 11.3. The Hall–Kier alpha value is -3.16. The summed E-state index contributed by atoms with van der Waals surface area (Å²) in [6, 6.07) is 20.9. The molecule has 31 heavy (non-hydrogen) atoms. The van der Waals surface area contributed by atoms with E-state index < -0.39 is 15.9 Å². The third-order valence-electron chi connectivity index (χ3n) is 4.74. The highest BCUT2D eigenvalue weighted by Crippen LogP contribution is 2.24. The lowest BCUT2D eigenvalue weighted by Crippen LogP contribution is -2.38. The smallest absolute Gasteiger partial charge is 0.264 e. The Balaban J connectivity index is 1.90. The van der Waals surface area contributed by atoms with Crippen molar-refractivity contribution in [3.05, 3.63) is 89.5 Å². The molecule has 0 saturated heterocycles. The van der Waals surface area contributed by atoms with Gasteiger partial charge < -0.3 is 10.1 Å². The van der Waals surface area contributed by atoms with Gasteiger partial charge in [0.25, 0.3) is 10.0 Å². The van der Waals surface area contributed by atoms with Crippen molar-refractivity contribution in [2.45, 2.75) is 25.3 Å². The van der Waals surface area contributed by atoms with Gasteiger partial charge in [0.1, 0.15) is 6.54 Å². The van der Waals surface area contributed by atoms with E-state index in [0.717, 1.165) is 21.0 Å². The number of nitrogens with zero attached hydrogens (tertiary/aromatic N) is 1. The number of amides is 1. The molecule has 162 valence electrons. The van der Waals surface area contributed by atoms with Crippen molar-refractivity contribution in [2.24, 2.45) is 0 Å². The van der Waals surface area contributed by atoms with Gasteiger partial charge in [0.05, 0.1) is 17.2 Å². The molecule has 0 saturated carbocycles. The molecular weight excluding hydrogens is 412 g/mol. The third kappa shape index (κ3) is 5.71. The lowest BCUT2D eigenvalue weighted by atomic mass is 10.2. The summed E-state index contributed by atoms with van der Waals surface area (Å²) in [7, 11) is -2.34. The molecule has 0 unspecified atom stereocenters. The number of anilines is 2. The first kappa shape index (κ1) is 22.5. The summed E-state index contributed by atoms with van der Waals surface area (Å²) in [5, 5.41) is 2.78. The molecule has 0 heterocycles. The van der Waals surface area contributed by atoms with Gasteiger partial charge in [-0.25, -0.2) is 8.42 Å². The maximum atomic E-state index is 13.4. The molecule has 0 fully saturated rings. The number of methoxy groups -OCH3 is 1. The number of rotatable bonds is 8. The van der Waals surface area contributed by atoms with E-state index in [1.54, 1.807) is 55.6 Å². The summed E-state index contributed by atoms with van der Waals surface area (Å²) < 4.78 is 33.0. The summed E-state index contributed by atoms with van der Waals surface area (Å²) >= 11 is 0. The summed E-state index contributed by atoms with van der Waals surface area (Å²) in [6.45, 7) is 3.87. The molecule has 1 N–H and O–H groups in total. The van der Waals surface area contributed by atoms with Gasteiger partial charge in [-0.3, -0.25) is 9.10 Å². The van der Waals surface area contributed by atoms with Crippen molar-refractivity contribution in [1.29, 1.82) is 0 Å². The highest BCUT2D eigenvalue weighted by Gasteiger charge is 2.27. The summed E-state index contributed by atoms with van der Waals surface area (Å²) in [5.74, 6) is -0.439. The molecule has 3 aromatic carbocycles. The number of nitrogens with one attached hydrogen (secondary N) is 1. The molecular formula is C24H26N2O4S. The van der Waals surface area contributed by atoms with Gasteiger partial charge in [-0.05, 0) is 55.8 Å². The first-order valence-electron chi connectivity index (χ1n) is 9.83. The monoisotopic (exact) mass is 438 g/mol. The molecule has 0 spiro atoms. The van der Waals surface area contributed by atoms with E-state index >= 15 is 0 Å². The zero-order chi connectivity index (χ0) is 22.4. The van der Waals surface area contributed by atoms with Crippen LogP contribution in [0.1, 0.15) is 16.7 Å². The van der Waals surface area contributed by atoms with Gasteiger partial charge in [-0.2, -0.15) is 0 Å². The van der Waals surface area contributed by atoms with Crippen molar-refractivity contribution in [3.8, 4) is 0 Å². The van der Waals surface area contributed by atoms with E-state index in [0.29, 0.717) is 18.0 Å². The minimum absolute atomic E-state index is 0.133. The molecule has 1 amide bonds. The second-order valence-corrected chi connectivity index (χ2v) is 9.20. The number of carbonyl (C=O) groups is 1. The van der Waals surface area contributed by atoms with Gasteiger partial charge in [-0.1, -0.05) is 47.5 Å². The summed E-state index contributed by atoms with van der Waals surface area (Å²) in [5.41, 5.74) is 3.86. The molecule has 0 aliphatic rings. The van der Waals surface area contributed by atoms with Crippen LogP contribution in [0.4, 0.5) is 11.4 Å². The number of ether oxygens (including phenoxy) is 1. The Morgan fingerprint density at radius 1 is 0.935 bits per heavy atom. The fourth-order valence-electron chi connectivity index (χ4n) is 3.10. The number of carbonyl (C=O) groups excluding carboxylic acids is 1. The van der Waals surface area contributed by atoms with Gasteiger partial charge in [-0.15, -0.1) is 0 Å². The predicted molar refractivity (Wildman–Crippen MR) is 123 cm³/mol. The minimum atomic E-state index is -3.94. The predicted octanol–water partition coefficient (Wildman–Crippen LogP) is 4.28. The maximum absolute atomic E-state index is 13.4. The van der Waals surface area contributed by atoms with Crippen LogP contribution in [0.2, 0.25) is 0 Å². The molecule has 0 aromatic heterocycles. The van der Waals surface area contributed by atoms with Crippen LogP contribution < -0.4 is 9.62 Å². The number of sulfonamides is 1. The van der Waals surface area contributed by atoms with Crippen LogP contribution in [0.3, 0.4) is 0 Å². The molecule has 3 aromatic rings. The van der Waals surface area contributed by atoms with Crippen LogP contribution in [-0.4, -0.2) is 28.0 Å². The van der Waals surface area contributed by atoms with Crippen LogP contribution >= 0.6 is 0 Å². The van der Waals surface area contributed by atoms with E-state index in [1.807, 2.05) is 38.1 Å². The first-order chi connectivity index (χ1) is 14.8. The number of hydrogen-bond acceptors (Lipinski definition) is 4. The number of benzene rings is 3. The zero-order valence-corrected chi connectivity index (χ0v) is 18.6. The van der Waals surface area contributed by atoms with Crippen LogP contribution in [0.5, 0.6) is 0 Å². The molecule has 0 bridgehead atoms. The van der Waals surface area contributed by atoms with Gasteiger partial charge in [0.2, 0.25) is 5.91 Å². The van der Waals surface area contributed by atoms with Crippen LogP contribution in [0.15, 0.2) is 77.7 Å². The fraction of sp³-hybridized carbons (Fsp3) is 0.208. The minimum Gasteiger partial charge on any atom is -0.380 e. The Kier molecular flexibility index (Phi) is 7.09. The fourth-order valence-corrected chi connectivity index (χ4v) is 4.52. The van der Waals surface area contributed by atoms with Crippen LogP contribution in [0, 0.1) is 13.8 Å². The van der Waals surface area contributed by atoms with E-state index in [1.165, 1.54) is 0 Å². The lowest BCUT2D eigenvalue weighted by molar-refractivity contribution is -0.114. The van der Waals surface area contributed by atoms with Crippen molar-refractivity contribution in [2.75, 3.05) is 23.3 Å². The van der Waals surface area contributed by atoms with E-state index in [2.05, 4.69) is 5.32 Å². The standard InChI is InChI=1S/C24H26N2O4S/c1-18-7-11-22(12-8-18)26(31(28,29)23-13-9-19(2)10-14-23)16-24(27)25-21-6-4-5-20(15-21)17-30-3/h4-15H,16-17H2,1-3H3,(H,25,27). The number of hydrogen-bond donors (Lipinski definition) is 1. The van der Waals surface area contributed by atoms with Crippen molar-refractivity contribution < 1.29 is 17.9 Å². The number of aryl methyl sites for hydroxylation is 2. The van der Waals surface area contributed by atoms with E-state index in [-0.39, 0.29) is 11.4 Å². The van der Waals surface area contributed by atoms with Crippen molar-refractivity contribution >= 4 is 27.3 Å². The normalized spacial score (nSPS) is 11.2. The Labute approximate surface area is 183 Å². The molecule has 3 rings (SSSR count). The topological polar surface area (TPSA) is 75.7 Å². The Morgan fingerprint density at radius 3 is 2.16 bits per heavy atom. The van der Waals surface area contributed by atoms with E-state index in [4.69, 9.17) is 4.74 Å². The summed E-state index contributed by atoms with van der Waals surface area (Å²) in [4.78, 5) is 12.9. The highest BCUT2D eigenvalue weighted by atomic mass is 32.2. The average Bonchev–Trinajstić information content (AvgIpc) is 2.73. The van der Waals surface area contributed by atoms with Crippen molar-refractivity contribution in [3.63, 3.8) is 0 Å². The highest BCUT2D eigenvalue weighted by molar-refractivity contribution is 7.92. The molecule has 0 atom stereocenters.